The normalized spacial score (nSPS) is 15.2. The van der Waals surface area contributed by atoms with Gasteiger partial charge in [0.05, 0.1) is 11.4 Å². The molecule has 3 aliphatic rings. The van der Waals surface area contributed by atoms with Crippen molar-refractivity contribution in [2.75, 3.05) is 4.90 Å². The Hall–Kier alpha value is -5.28. The third-order valence-electron chi connectivity index (χ3n) is 14.2. The van der Waals surface area contributed by atoms with Gasteiger partial charge in [-0.1, -0.05) is 176 Å². The van der Waals surface area contributed by atoms with Gasteiger partial charge in [-0.15, -0.1) is 0 Å². The molecule has 3 heteroatoms. The predicted octanol–water partition coefficient (Wildman–Crippen LogP) is 13.4. The summed E-state index contributed by atoms with van der Waals surface area (Å²) in [4.78, 5) is 2.67. The average Bonchev–Trinajstić information content (AvgIpc) is 3.65. The lowest BCUT2D eigenvalue weighted by atomic mass is 9.33. The maximum absolute atomic E-state index is 2.72. The average molecular weight is 785 g/mol. The molecule has 0 fully saturated rings. The number of rotatable bonds is 2. The lowest BCUT2D eigenvalue weighted by Gasteiger charge is -2.43. The summed E-state index contributed by atoms with van der Waals surface area (Å²) in [6.07, 6.45) is 0. The second kappa shape index (κ2) is 12.4. The molecule has 0 bridgehead atoms. The second-order valence-corrected chi connectivity index (χ2v) is 22.8. The SMILES string of the molecule is CC(C)(C)c1ccc(N2c3cc(C(C)(C)C)ccc3B3c4c2cc(C(C)(C)C)cc4-n2c4c(c5cc(C(C)(C)C)cc3c52)C(C)(C)c2ccccc2-4)c(-c2ccccc2)c1. The van der Waals surface area contributed by atoms with Crippen LogP contribution in [-0.4, -0.2) is 11.3 Å². The minimum absolute atomic E-state index is 0.00358. The summed E-state index contributed by atoms with van der Waals surface area (Å²) >= 11 is 0. The van der Waals surface area contributed by atoms with Gasteiger partial charge >= 0.3 is 0 Å². The van der Waals surface area contributed by atoms with Crippen LogP contribution in [0, 0.1) is 0 Å². The molecule has 7 aromatic rings. The van der Waals surface area contributed by atoms with Crippen LogP contribution in [0.3, 0.4) is 0 Å². The van der Waals surface area contributed by atoms with E-state index in [0.717, 1.165) is 0 Å². The van der Waals surface area contributed by atoms with Crippen molar-refractivity contribution in [3.05, 3.63) is 149 Å². The third kappa shape index (κ3) is 5.53. The minimum Gasteiger partial charge on any atom is -0.311 e. The quantitative estimate of drug-likeness (QED) is 0.159. The van der Waals surface area contributed by atoms with E-state index in [9.17, 15) is 0 Å². The zero-order valence-electron chi connectivity index (χ0n) is 38.4. The minimum atomic E-state index is -0.154. The highest BCUT2D eigenvalue weighted by Crippen LogP contribution is 2.55. The molecule has 0 spiro atoms. The molecule has 10 rings (SSSR count). The van der Waals surface area contributed by atoms with Gasteiger partial charge in [0.15, 0.2) is 0 Å². The maximum atomic E-state index is 2.72. The largest absolute Gasteiger partial charge is 0.311 e. The maximum Gasteiger partial charge on any atom is 0.252 e. The Morgan fingerprint density at radius 2 is 1.03 bits per heavy atom. The van der Waals surface area contributed by atoms with Gasteiger partial charge in [-0.2, -0.15) is 0 Å². The van der Waals surface area contributed by atoms with Crippen LogP contribution in [0.4, 0.5) is 17.1 Å². The van der Waals surface area contributed by atoms with Gasteiger partial charge < -0.3 is 9.47 Å². The smallest absolute Gasteiger partial charge is 0.252 e. The first-order valence-corrected chi connectivity index (χ1v) is 22.2. The van der Waals surface area contributed by atoms with E-state index < -0.39 is 0 Å². The van der Waals surface area contributed by atoms with Crippen LogP contribution in [0.5, 0.6) is 0 Å². The van der Waals surface area contributed by atoms with E-state index in [1.807, 2.05) is 0 Å². The Kier molecular flexibility index (Phi) is 8.04. The second-order valence-electron chi connectivity index (χ2n) is 22.8. The number of aromatic nitrogens is 1. The monoisotopic (exact) mass is 784 g/mol. The van der Waals surface area contributed by atoms with Crippen LogP contribution in [0.25, 0.3) is 39.0 Å². The van der Waals surface area contributed by atoms with Crippen molar-refractivity contribution in [2.45, 2.75) is 124 Å². The molecular weight excluding hydrogens is 723 g/mol. The van der Waals surface area contributed by atoms with Gasteiger partial charge in [0.1, 0.15) is 0 Å². The third-order valence-corrected chi connectivity index (χ3v) is 14.2. The summed E-state index contributed by atoms with van der Waals surface area (Å²) in [5, 5.41) is 1.40. The Morgan fingerprint density at radius 1 is 0.467 bits per heavy atom. The number of hydrogen-bond acceptors (Lipinski definition) is 1. The molecule has 302 valence electrons. The van der Waals surface area contributed by atoms with Crippen LogP contribution in [0.1, 0.15) is 130 Å². The van der Waals surface area contributed by atoms with Gasteiger partial charge in [-0.05, 0) is 113 Å². The number of benzene rings is 6. The van der Waals surface area contributed by atoms with E-state index in [-0.39, 0.29) is 33.8 Å². The standard InChI is InChI=1S/C57H61BN2/c1-53(2,3)35-25-27-45(40(28-35)34-20-16-15-17-21-34)59-46-31-36(54(4,5)6)24-26-43(46)58-44-30-37(55(7,8)9)29-41-49-52(39-22-18-19-23-42(39)57(49,13)14)60(51(41)44)48-33-38(56(10,11)12)32-47(59)50(48)58/h15-33H,1-14H3. The molecule has 3 heterocycles. The highest BCUT2D eigenvalue weighted by Gasteiger charge is 2.48. The molecule has 2 aliphatic heterocycles. The van der Waals surface area contributed by atoms with Gasteiger partial charge in [0.2, 0.25) is 0 Å². The van der Waals surface area contributed by atoms with Crippen molar-refractivity contribution < 1.29 is 0 Å². The molecule has 60 heavy (non-hydrogen) atoms. The molecule has 1 aliphatic carbocycles. The van der Waals surface area contributed by atoms with E-state index in [0.29, 0.717) is 0 Å². The van der Waals surface area contributed by atoms with Crippen LogP contribution >= 0.6 is 0 Å². The summed E-state index contributed by atoms with van der Waals surface area (Å²) in [6, 6.07) is 45.3. The first-order chi connectivity index (χ1) is 28.1. The van der Waals surface area contributed by atoms with Gasteiger partial charge in [-0.3, -0.25) is 0 Å². The molecule has 0 atom stereocenters. The van der Waals surface area contributed by atoms with Crippen LogP contribution in [-0.2, 0) is 27.1 Å². The van der Waals surface area contributed by atoms with Crippen molar-refractivity contribution >= 4 is 51.1 Å². The summed E-state index contributed by atoms with van der Waals surface area (Å²) in [5.41, 5.74) is 23.9. The van der Waals surface area contributed by atoms with Crippen molar-refractivity contribution in [3.63, 3.8) is 0 Å². The van der Waals surface area contributed by atoms with Crippen LogP contribution in [0.15, 0.2) is 115 Å². The Labute approximate surface area is 359 Å². The molecule has 1 aromatic heterocycles. The van der Waals surface area contributed by atoms with E-state index in [1.165, 1.54) is 106 Å². The van der Waals surface area contributed by atoms with Crippen LogP contribution < -0.4 is 21.3 Å². The fourth-order valence-electron chi connectivity index (χ4n) is 10.7. The highest BCUT2D eigenvalue weighted by molar-refractivity contribution is 7.00. The predicted molar refractivity (Wildman–Crippen MR) is 260 cm³/mol. The Balaban J connectivity index is 1.42. The summed E-state index contributed by atoms with van der Waals surface area (Å²) in [5.74, 6) is 0. The van der Waals surface area contributed by atoms with Crippen molar-refractivity contribution in [2.24, 2.45) is 0 Å². The van der Waals surface area contributed by atoms with E-state index in [2.05, 4.69) is 222 Å². The lowest BCUT2D eigenvalue weighted by molar-refractivity contribution is 0.589. The Bertz CT molecular complexity index is 2930. The summed E-state index contributed by atoms with van der Waals surface area (Å²) in [6.45, 7) is 33.3. The van der Waals surface area contributed by atoms with Gasteiger partial charge in [-0.25, -0.2) is 0 Å². The van der Waals surface area contributed by atoms with Crippen LogP contribution in [0.2, 0.25) is 0 Å². The fourth-order valence-corrected chi connectivity index (χ4v) is 10.7. The highest BCUT2D eigenvalue weighted by atomic mass is 15.2. The first kappa shape index (κ1) is 38.9. The molecule has 6 aromatic carbocycles. The summed E-state index contributed by atoms with van der Waals surface area (Å²) in [7, 11) is 0. The number of hydrogen-bond donors (Lipinski definition) is 0. The zero-order chi connectivity index (χ0) is 42.6. The fraction of sp³-hybridized carbons (Fsp3) is 0.333. The number of nitrogens with zero attached hydrogens (tertiary/aromatic N) is 2. The molecular formula is C57H61BN2. The molecule has 0 N–H and O–H groups in total. The lowest BCUT2D eigenvalue weighted by Crippen LogP contribution is -2.61. The van der Waals surface area contributed by atoms with E-state index in [4.69, 9.17) is 0 Å². The molecule has 0 radical (unpaired) electrons. The number of anilines is 3. The molecule has 0 amide bonds. The molecule has 0 saturated heterocycles. The Morgan fingerprint density at radius 3 is 1.70 bits per heavy atom. The van der Waals surface area contributed by atoms with Crippen molar-refractivity contribution in [1.82, 2.24) is 4.57 Å². The zero-order valence-corrected chi connectivity index (χ0v) is 38.4. The van der Waals surface area contributed by atoms with E-state index >= 15 is 0 Å². The summed E-state index contributed by atoms with van der Waals surface area (Å²) < 4.78 is 2.72. The molecule has 0 saturated carbocycles. The van der Waals surface area contributed by atoms with E-state index in [1.54, 1.807) is 0 Å². The first-order valence-electron chi connectivity index (χ1n) is 22.2. The molecule has 0 unspecified atom stereocenters. The van der Waals surface area contributed by atoms with Gasteiger partial charge in [0.25, 0.3) is 6.71 Å². The van der Waals surface area contributed by atoms with Crippen molar-refractivity contribution in [3.8, 4) is 28.1 Å². The van der Waals surface area contributed by atoms with Crippen molar-refractivity contribution in [1.29, 1.82) is 0 Å². The van der Waals surface area contributed by atoms with Gasteiger partial charge in [0, 0.05) is 44.5 Å². The molecule has 2 nitrogen and oxygen atoms in total. The number of fused-ring (bicyclic) bond motifs is 9. The topological polar surface area (TPSA) is 8.17 Å².